The van der Waals surface area contributed by atoms with E-state index in [2.05, 4.69) is 71.3 Å². The second-order valence-corrected chi connectivity index (χ2v) is 12.6. The van der Waals surface area contributed by atoms with Gasteiger partial charge in [0, 0.05) is 12.3 Å². The maximum atomic E-state index is 5.89. The van der Waals surface area contributed by atoms with Crippen molar-refractivity contribution in [3.8, 4) is 22.9 Å². The summed E-state index contributed by atoms with van der Waals surface area (Å²) >= 11 is 0. The molecule has 53 heavy (non-hydrogen) atoms. The van der Waals surface area contributed by atoms with Crippen LogP contribution in [0, 0.1) is 5.92 Å². The predicted octanol–water partition coefficient (Wildman–Crippen LogP) is 5.14. The Hall–Kier alpha value is -6.62. The highest BCUT2D eigenvalue weighted by atomic mass is 16.5. The van der Waals surface area contributed by atoms with Gasteiger partial charge >= 0.3 is 0 Å². The molecule has 0 aliphatic rings. The normalized spacial score (nSPS) is 11.4. The van der Waals surface area contributed by atoms with E-state index < -0.39 is 0 Å². The molecule has 270 valence electrons. The van der Waals surface area contributed by atoms with E-state index in [1.54, 1.807) is 46.2 Å². The van der Waals surface area contributed by atoms with Crippen LogP contribution in [0.3, 0.4) is 0 Å². The number of aromatic nitrogens is 12. The number of furan rings is 2. The molecule has 8 aromatic rings. The van der Waals surface area contributed by atoms with Crippen LogP contribution in [0.5, 0.6) is 0 Å². The summed E-state index contributed by atoms with van der Waals surface area (Å²) < 4.78 is 19.9. The summed E-state index contributed by atoms with van der Waals surface area (Å²) in [5.41, 5.74) is 18.6. The van der Waals surface area contributed by atoms with E-state index in [9.17, 15) is 0 Å². The van der Waals surface area contributed by atoms with Crippen molar-refractivity contribution in [3.05, 3.63) is 96.0 Å². The van der Waals surface area contributed by atoms with Crippen LogP contribution < -0.4 is 11.5 Å². The van der Waals surface area contributed by atoms with Gasteiger partial charge in [-0.3, -0.25) is 9.97 Å². The smallest absolute Gasteiger partial charge is 0.222 e. The summed E-state index contributed by atoms with van der Waals surface area (Å²) in [6.07, 6.45) is 5.15. The zero-order valence-corrected chi connectivity index (χ0v) is 29.5. The Morgan fingerprint density at radius 1 is 0.642 bits per heavy atom. The van der Waals surface area contributed by atoms with E-state index in [-0.39, 0.29) is 11.9 Å². The Bertz CT molecular complexity index is 2420. The van der Waals surface area contributed by atoms with Gasteiger partial charge in [-0.1, -0.05) is 49.8 Å². The van der Waals surface area contributed by atoms with Crippen LogP contribution in [0.4, 0.5) is 11.9 Å². The van der Waals surface area contributed by atoms with Crippen molar-refractivity contribution in [1.82, 2.24) is 59.9 Å². The number of rotatable bonds is 12. The average molecular weight is 715 g/mol. The maximum absolute atomic E-state index is 5.89. The van der Waals surface area contributed by atoms with Crippen LogP contribution in [0.2, 0.25) is 0 Å². The first kappa shape index (κ1) is 34.8. The van der Waals surface area contributed by atoms with Gasteiger partial charge in [-0.05, 0) is 60.9 Å². The molecule has 0 atom stereocenters. The van der Waals surface area contributed by atoms with Gasteiger partial charge in [-0.25, -0.2) is 19.3 Å². The standard InChI is InChI=1S/C19H21N7O2.C17H17N7O/c1-12(2)10-27-11-14-6-3-5-13(21-14)9-26-18-17(24-25-26)16(22-19(20)23-18)15-7-4-8-28-15;1-2-5-11-6-3-7-12(19-11)10-24-16-15(22-23-24)14(20-17(18)21-16)13-8-4-9-25-13/h3-8,12H,9-11H2,1-2H3,(H2,20,22,23);3-4,6-9H,2,5,10H2,1H3,(H2,18,20,21). The highest BCUT2D eigenvalue weighted by Crippen LogP contribution is 2.27. The lowest BCUT2D eigenvalue weighted by Gasteiger charge is -2.08. The summed E-state index contributed by atoms with van der Waals surface area (Å²) in [5.74, 6) is 1.90. The van der Waals surface area contributed by atoms with Gasteiger partial charge in [0.1, 0.15) is 11.4 Å². The molecule has 8 heterocycles. The van der Waals surface area contributed by atoms with E-state index in [1.807, 2.05) is 36.4 Å². The Balaban J connectivity index is 0.000000165. The number of hydrogen-bond donors (Lipinski definition) is 2. The molecule has 0 bridgehead atoms. The van der Waals surface area contributed by atoms with Gasteiger partial charge < -0.3 is 25.0 Å². The predicted molar refractivity (Wildman–Crippen MR) is 196 cm³/mol. The third kappa shape index (κ3) is 8.15. The molecule has 0 saturated heterocycles. The number of pyridine rings is 2. The van der Waals surface area contributed by atoms with Crippen molar-refractivity contribution in [2.24, 2.45) is 5.92 Å². The lowest BCUT2D eigenvalue weighted by molar-refractivity contribution is 0.0947. The summed E-state index contributed by atoms with van der Waals surface area (Å²) in [4.78, 5) is 26.4. The van der Waals surface area contributed by atoms with Gasteiger partial charge in [0.05, 0.1) is 49.3 Å². The van der Waals surface area contributed by atoms with Crippen LogP contribution in [0.15, 0.2) is 82.0 Å². The highest BCUT2D eigenvalue weighted by molar-refractivity contribution is 5.86. The number of anilines is 2. The van der Waals surface area contributed by atoms with E-state index in [1.165, 1.54) is 0 Å². The zero-order chi connectivity index (χ0) is 36.7. The molecule has 17 heteroatoms. The molecule has 0 radical (unpaired) electrons. The van der Waals surface area contributed by atoms with Gasteiger partial charge in [-0.15, -0.1) is 10.2 Å². The number of aryl methyl sites for hydroxylation is 1. The highest BCUT2D eigenvalue weighted by Gasteiger charge is 2.19. The lowest BCUT2D eigenvalue weighted by Crippen LogP contribution is -2.08. The molecule has 4 N–H and O–H groups in total. The molecular formula is C36H38N14O3. The second-order valence-electron chi connectivity index (χ2n) is 12.6. The van der Waals surface area contributed by atoms with Crippen molar-refractivity contribution in [2.45, 2.75) is 53.3 Å². The summed E-state index contributed by atoms with van der Waals surface area (Å²) in [5, 5.41) is 16.9. The molecule has 0 aliphatic heterocycles. The fourth-order valence-electron chi connectivity index (χ4n) is 5.55. The van der Waals surface area contributed by atoms with E-state index in [0.717, 1.165) is 35.6 Å². The molecule has 0 aromatic carbocycles. The minimum atomic E-state index is 0.131. The minimum Gasteiger partial charge on any atom is -0.463 e. The number of nitrogen functional groups attached to an aromatic ring is 2. The van der Waals surface area contributed by atoms with Crippen LogP contribution in [-0.4, -0.2) is 66.5 Å². The van der Waals surface area contributed by atoms with Gasteiger partial charge in [0.25, 0.3) is 0 Å². The number of nitrogens with two attached hydrogens (primary N) is 2. The monoisotopic (exact) mass is 714 g/mol. The van der Waals surface area contributed by atoms with Gasteiger partial charge in [0.15, 0.2) is 33.8 Å². The van der Waals surface area contributed by atoms with Crippen LogP contribution >= 0.6 is 0 Å². The summed E-state index contributed by atoms with van der Waals surface area (Å²) in [7, 11) is 0. The van der Waals surface area contributed by atoms with Gasteiger partial charge in [0.2, 0.25) is 11.9 Å². The van der Waals surface area contributed by atoms with Crippen molar-refractivity contribution in [1.29, 1.82) is 0 Å². The lowest BCUT2D eigenvalue weighted by atomic mass is 10.2. The summed E-state index contributed by atoms with van der Waals surface area (Å²) in [6.45, 7) is 8.40. The van der Waals surface area contributed by atoms with Crippen molar-refractivity contribution >= 4 is 34.2 Å². The molecule has 0 fully saturated rings. The van der Waals surface area contributed by atoms with Crippen LogP contribution in [0.1, 0.15) is 50.0 Å². The first-order valence-corrected chi connectivity index (χ1v) is 17.1. The SMILES string of the molecule is CC(C)COCc1cccc(Cn2nnc3c(-c4ccco4)nc(N)nc32)n1.CCCc1cccc(Cn2nnc3c(-c4ccco4)nc(N)nc32)n1. The molecule has 0 spiro atoms. The van der Waals surface area contributed by atoms with E-state index >= 15 is 0 Å². The Morgan fingerprint density at radius 3 is 1.64 bits per heavy atom. The minimum absolute atomic E-state index is 0.131. The van der Waals surface area contributed by atoms with Crippen LogP contribution in [-0.2, 0) is 30.9 Å². The first-order valence-electron chi connectivity index (χ1n) is 17.1. The summed E-state index contributed by atoms with van der Waals surface area (Å²) in [6, 6.07) is 19.0. The Morgan fingerprint density at radius 2 is 1.15 bits per heavy atom. The second kappa shape index (κ2) is 15.7. The molecule has 0 unspecified atom stereocenters. The largest absolute Gasteiger partial charge is 0.463 e. The molecular weight excluding hydrogens is 676 g/mol. The number of nitrogens with zero attached hydrogens (tertiary/aromatic N) is 12. The van der Waals surface area contributed by atoms with Crippen molar-refractivity contribution in [2.75, 3.05) is 18.1 Å². The third-order valence-corrected chi connectivity index (χ3v) is 7.83. The van der Waals surface area contributed by atoms with Crippen LogP contribution in [0.25, 0.3) is 45.2 Å². The maximum Gasteiger partial charge on any atom is 0.222 e. The first-order chi connectivity index (χ1) is 25.8. The Kier molecular flexibility index (Phi) is 10.3. The van der Waals surface area contributed by atoms with Crippen molar-refractivity contribution in [3.63, 3.8) is 0 Å². The third-order valence-electron chi connectivity index (χ3n) is 7.83. The van der Waals surface area contributed by atoms with Crippen molar-refractivity contribution < 1.29 is 13.6 Å². The zero-order valence-electron chi connectivity index (χ0n) is 29.5. The fraction of sp³-hybridized carbons (Fsp3) is 0.278. The van der Waals surface area contributed by atoms with E-state index in [0.29, 0.717) is 77.5 Å². The Labute approximate surface area is 303 Å². The van der Waals surface area contributed by atoms with Gasteiger partial charge in [-0.2, -0.15) is 9.97 Å². The molecule has 0 aliphatic carbocycles. The molecule has 0 saturated carbocycles. The molecule has 8 rings (SSSR count). The number of ether oxygens (including phenoxy) is 1. The molecule has 8 aromatic heterocycles. The number of fused-ring (bicyclic) bond motifs is 2. The number of hydrogen-bond acceptors (Lipinski definition) is 15. The fourth-order valence-corrected chi connectivity index (χ4v) is 5.55. The average Bonchev–Trinajstić information content (AvgIpc) is 3.98. The quantitative estimate of drug-likeness (QED) is 0.167. The molecule has 17 nitrogen and oxygen atoms in total. The van der Waals surface area contributed by atoms with E-state index in [4.69, 9.17) is 25.0 Å². The topological polar surface area (TPSA) is 226 Å². The molecule has 0 amide bonds.